The second-order valence-corrected chi connectivity index (χ2v) is 7.95. The van der Waals surface area contributed by atoms with Gasteiger partial charge in [0.2, 0.25) is 0 Å². The Hall–Kier alpha value is -2.74. The Kier molecular flexibility index (Phi) is 4.45. The van der Waals surface area contributed by atoms with Crippen LogP contribution < -0.4 is 15.4 Å². The van der Waals surface area contributed by atoms with Gasteiger partial charge in [-0.15, -0.1) is 0 Å². The van der Waals surface area contributed by atoms with Gasteiger partial charge in [-0.2, -0.15) is 0 Å². The molecular weight excluding hydrogens is 361 g/mol. The first kappa shape index (κ1) is 18.6. The zero-order chi connectivity index (χ0) is 20.1. The largest absolute Gasteiger partial charge is 0.484 e. The summed E-state index contributed by atoms with van der Waals surface area (Å²) in [5.74, 6) is 0.200. The number of ether oxygens (including phenoxy) is 1. The number of benzene rings is 1. The average Bonchev–Trinajstić information content (AvgIpc) is 3.28. The van der Waals surface area contributed by atoms with E-state index in [0.29, 0.717) is 30.0 Å². The number of aliphatic hydroxyl groups excluding tert-OH is 1. The molecule has 2 fully saturated rings. The summed E-state index contributed by atoms with van der Waals surface area (Å²) in [5, 5.41) is 18.5. The van der Waals surface area contributed by atoms with E-state index in [1.807, 2.05) is 18.7 Å². The summed E-state index contributed by atoms with van der Waals surface area (Å²) in [5.41, 5.74) is 6.60. The predicted octanol–water partition coefficient (Wildman–Crippen LogP) is 2.50. The molecule has 2 aromatic rings. The fraction of sp³-hybridized carbons (Fsp3) is 0.450. The molecule has 1 saturated carbocycles. The van der Waals surface area contributed by atoms with E-state index in [4.69, 9.17) is 15.9 Å². The van der Waals surface area contributed by atoms with Crippen molar-refractivity contribution < 1.29 is 14.2 Å². The first-order valence-corrected chi connectivity index (χ1v) is 9.40. The Morgan fingerprint density at radius 2 is 2.11 bits per heavy atom. The van der Waals surface area contributed by atoms with Gasteiger partial charge in [0.15, 0.2) is 11.6 Å². The van der Waals surface area contributed by atoms with Crippen molar-refractivity contribution in [2.45, 2.75) is 50.9 Å². The van der Waals surface area contributed by atoms with Gasteiger partial charge in [-0.3, -0.25) is 5.41 Å². The maximum absolute atomic E-state index is 14.3. The van der Waals surface area contributed by atoms with Crippen molar-refractivity contribution in [3.63, 3.8) is 0 Å². The van der Waals surface area contributed by atoms with Gasteiger partial charge in [0, 0.05) is 36.0 Å². The number of nitrogen functional groups attached to an aromatic ring is 1. The molecule has 2 atom stereocenters. The number of anilines is 2. The predicted molar refractivity (Wildman–Crippen MR) is 104 cm³/mol. The second kappa shape index (κ2) is 6.70. The Bertz CT molecular complexity index is 931. The van der Waals surface area contributed by atoms with E-state index < -0.39 is 11.9 Å². The van der Waals surface area contributed by atoms with E-state index in [0.717, 1.165) is 12.8 Å². The molecule has 0 bridgehead atoms. The lowest BCUT2D eigenvalue weighted by molar-refractivity contribution is 0.191. The molecule has 8 heteroatoms. The summed E-state index contributed by atoms with van der Waals surface area (Å²) >= 11 is 0. The smallest absolute Gasteiger partial charge is 0.167 e. The summed E-state index contributed by atoms with van der Waals surface area (Å²) in [6.07, 6.45) is 3.40. The summed E-state index contributed by atoms with van der Waals surface area (Å²) in [6.45, 7) is 4.43. The fourth-order valence-corrected chi connectivity index (χ4v) is 3.51. The first-order chi connectivity index (χ1) is 13.3. The number of nitrogens with one attached hydrogen (secondary N) is 1. The van der Waals surface area contributed by atoms with Crippen molar-refractivity contribution >= 4 is 17.2 Å². The van der Waals surface area contributed by atoms with Gasteiger partial charge in [-0.1, -0.05) is 0 Å². The Labute approximate surface area is 162 Å². The average molecular weight is 385 g/mol. The molecular formula is C20H24FN5O2. The monoisotopic (exact) mass is 385 g/mol. The molecule has 2 heterocycles. The molecule has 0 amide bonds. The highest BCUT2D eigenvalue weighted by Crippen LogP contribution is 2.41. The van der Waals surface area contributed by atoms with Gasteiger partial charge >= 0.3 is 0 Å². The van der Waals surface area contributed by atoms with Gasteiger partial charge in [0.05, 0.1) is 17.5 Å². The van der Waals surface area contributed by atoms with Crippen LogP contribution >= 0.6 is 0 Å². The third-order valence-electron chi connectivity index (χ3n) is 5.44. The highest BCUT2D eigenvalue weighted by molar-refractivity contribution is 6.13. The van der Waals surface area contributed by atoms with Crippen molar-refractivity contribution in [1.82, 2.24) is 9.97 Å². The molecule has 4 rings (SSSR count). The van der Waals surface area contributed by atoms with Gasteiger partial charge < -0.3 is 20.5 Å². The summed E-state index contributed by atoms with van der Waals surface area (Å²) < 4.78 is 20.0. The lowest BCUT2D eigenvalue weighted by Gasteiger charge is -2.22. The van der Waals surface area contributed by atoms with Crippen LogP contribution in [0.5, 0.6) is 5.75 Å². The van der Waals surface area contributed by atoms with E-state index in [1.54, 1.807) is 6.07 Å². The van der Waals surface area contributed by atoms with E-state index in [2.05, 4.69) is 9.97 Å². The summed E-state index contributed by atoms with van der Waals surface area (Å²) in [7, 11) is 0. The minimum atomic E-state index is -0.537. The molecule has 1 aromatic carbocycles. The molecule has 1 aliphatic carbocycles. The normalized spacial score (nSPS) is 22.9. The maximum atomic E-state index is 14.3. The minimum Gasteiger partial charge on any atom is -0.484 e. The van der Waals surface area contributed by atoms with Crippen molar-refractivity contribution in [1.29, 1.82) is 5.41 Å². The Morgan fingerprint density at radius 3 is 2.75 bits per heavy atom. The van der Waals surface area contributed by atoms with Gasteiger partial charge in [-0.25, -0.2) is 14.4 Å². The number of rotatable bonds is 5. The van der Waals surface area contributed by atoms with Crippen LogP contribution in [-0.2, 0) is 0 Å². The number of nitrogens with two attached hydrogens (primary N) is 1. The standard InChI is InChI=1S/C20H24FN5O2/c1-11-5-12(27)9-26(11)18-8-16(24-10-25-18)19(23)13-6-17(14(21)7-15(13)22)28-20(2)3-4-20/h6-8,10-12,23,27H,3-5,9,22H2,1-2H3. The molecule has 148 valence electrons. The highest BCUT2D eigenvalue weighted by Gasteiger charge is 2.40. The van der Waals surface area contributed by atoms with Crippen molar-refractivity contribution in [3.05, 3.63) is 41.6 Å². The zero-order valence-electron chi connectivity index (χ0n) is 15.9. The van der Waals surface area contributed by atoms with E-state index >= 15 is 0 Å². The third kappa shape index (κ3) is 3.52. The lowest BCUT2D eigenvalue weighted by atomic mass is 10.0. The Morgan fingerprint density at radius 1 is 1.36 bits per heavy atom. The topological polar surface area (TPSA) is 108 Å². The number of hydrogen-bond acceptors (Lipinski definition) is 7. The van der Waals surface area contributed by atoms with E-state index in [1.165, 1.54) is 18.5 Å². The summed E-state index contributed by atoms with van der Waals surface area (Å²) in [6, 6.07) is 4.50. The molecule has 1 saturated heterocycles. The molecule has 28 heavy (non-hydrogen) atoms. The van der Waals surface area contributed by atoms with Crippen LogP contribution in [0, 0.1) is 11.2 Å². The molecule has 7 nitrogen and oxygen atoms in total. The number of aromatic nitrogens is 2. The highest BCUT2D eigenvalue weighted by atomic mass is 19.1. The van der Waals surface area contributed by atoms with Gasteiger partial charge in [-0.05, 0) is 39.2 Å². The molecule has 1 aromatic heterocycles. The number of β-amino-alcohol motifs (C(OH)–C–C–N with tert-alkyl or cyclic N) is 1. The van der Waals surface area contributed by atoms with E-state index in [9.17, 15) is 9.50 Å². The molecule has 2 aliphatic rings. The zero-order valence-corrected chi connectivity index (χ0v) is 15.9. The van der Waals surface area contributed by atoms with Gasteiger partial charge in [0.1, 0.15) is 17.7 Å². The van der Waals surface area contributed by atoms with Crippen LogP contribution in [0.25, 0.3) is 0 Å². The van der Waals surface area contributed by atoms with Crippen LogP contribution in [0.15, 0.2) is 24.5 Å². The molecule has 0 radical (unpaired) electrons. The second-order valence-electron chi connectivity index (χ2n) is 7.95. The number of hydrogen-bond donors (Lipinski definition) is 3. The number of aliphatic hydroxyl groups is 1. The fourth-order valence-electron chi connectivity index (χ4n) is 3.51. The van der Waals surface area contributed by atoms with E-state index in [-0.39, 0.29) is 28.8 Å². The maximum Gasteiger partial charge on any atom is 0.167 e. The molecule has 2 unspecified atom stereocenters. The van der Waals surface area contributed by atoms with Crippen LogP contribution in [0.4, 0.5) is 15.9 Å². The molecule has 1 aliphatic heterocycles. The Balaban J connectivity index is 1.64. The van der Waals surface area contributed by atoms with Crippen molar-refractivity contribution in [3.8, 4) is 5.75 Å². The molecule has 0 spiro atoms. The van der Waals surface area contributed by atoms with Crippen LogP contribution in [0.2, 0.25) is 0 Å². The quantitative estimate of drug-likeness (QED) is 0.539. The number of nitrogens with zero attached hydrogens (tertiary/aromatic N) is 3. The third-order valence-corrected chi connectivity index (χ3v) is 5.44. The van der Waals surface area contributed by atoms with Crippen LogP contribution in [-0.4, -0.2) is 45.1 Å². The molecule has 4 N–H and O–H groups in total. The first-order valence-electron chi connectivity index (χ1n) is 9.40. The minimum absolute atomic E-state index is 0.0688. The van der Waals surface area contributed by atoms with Crippen LogP contribution in [0.3, 0.4) is 0 Å². The van der Waals surface area contributed by atoms with Gasteiger partial charge in [0.25, 0.3) is 0 Å². The lowest BCUT2D eigenvalue weighted by Crippen LogP contribution is -2.28. The number of halogens is 1. The van der Waals surface area contributed by atoms with Crippen molar-refractivity contribution in [2.75, 3.05) is 17.2 Å². The SMILES string of the molecule is CC1CC(O)CN1c1cc(C(=N)c2cc(OC3(C)CC3)c(F)cc2N)ncn1. The summed E-state index contributed by atoms with van der Waals surface area (Å²) in [4.78, 5) is 10.5. The van der Waals surface area contributed by atoms with Crippen LogP contribution in [0.1, 0.15) is 44.4 Å². The van der Waals surface area contributed by atoms with Crippen molar-refractivity contribution in [2.24, 2.45) is 0 Å².